The number of amides is 2. The molecule has 0 atom stereocenters. The third kappa shape index (κ3) is 5.37. The van der Waals surface area contributed by atoms with E-state index in [1.165, 1.54) is 16.4 Å². The molecular formula is C21H25N3O5S. The molecular weight excluding hydrogens is 406 g/mol. The Morgan fingerprint density at radius 3 is 2.27 bits per heavy atom. The molecule has 1 aliphatic heterocycles. The van der Waals surface area contributed by atoms with Gasteiger partial charge in [-0.25, -0.2) is 8.42 Å². The molecule has 0 radical (unpaired) electrons. The van der Waals surface area contributed by atoms with E-state index in [1.54, 1.807) is 36.4 Å². The van der Waals surface area contributed by atoms with Crippen LogP contribution in [0.4, 0.5) is 0 Å². The van der Waals surface area contributed by atoms with Crippen molar-refractivity contribution < 1.29 is 23.1 Å². The summed E-state index contributed by atoms with van der Waals surface area (Å²) < 4.78 is 26.8. The topological polar surface area (TPSA) is 116 Å². The zero-order valence-electron chi connectivity index (χ0n) is 16.5. The summed E-state index contributed by atoms with van der Waals surface area (Å²) in [5.41, 5.74) is 5.44. The van der Waals surface area contributed by atoms with Gasteiger partial charge in [0.1, 0.15) is 5.75 Å². The number of piperidine rings is 1. The van der Waals surface area contributed by atoms with Gasteiger partial charge in [-0.3, -0.25) is 20.4 Å². The highest BCUT2D eigenvalue weighted by Crippen LogP contribution is 2.21. The van der Waals surface area contributed by atoms with E-state index in [9.17, 15) is 23.1 Å². The van der Waals surface area contributed by atoms with Gasteiger partial charge in [0.05, 0.1) is 10.5 Å². The molecule has 0 spiro atoms. The molecule has 3 rings (SSSR count). The maximum absolute atomic E-state index is 12.7. The van der Waals surface area contributed by atoms with Crippen molar-refractivity contribution in [3.63, 3.8) is 0 Å². The number of rotatable bonds is 6. The largest absolute Gasteiger partial charge is 0.507 e. The number of phenolic OH excluding ortho intramolecular Hbond substituents is 1. The first-order valence-corrected chi connectivity index (χ1v) is 11.3. The predicted molar refractivity (Wildman–Crippen MR) is 111 cm³/mol. The fraction of sp³-hybridized carbons (Fsp3) is 0.333. The van der Waals surface area contributed by atoms with Crippen LogP contribution in [-0.2, 0) is 21.2 Å². The Morgan fingerprint density at radius 1 is 0.933 bits per heavy atom. The van der Waals surface area contributed by atoms with Crippen molar-refractivity contribution in [2.45, 2.75) is 37.0 Å². The van der Waals surface area contributed by atoms with Crippen LogP contribution >= 0.6 is 0 Å². The number of hydrogen-bond acceptors (Lipinski definition) is 5. The number of benzene rings is 2. The van der Waals surface area contributed by atoms with Crippen molar-refractivity contribution >= 4 is 21.8 Å². The van der Waals surface area contributed by atoms with Crippen molar-refractivity contribution in [1.29, 1.82) is 0 Å². The van der Waals surface area contributed by atoms with Gasteiger partial charge < -0.3 is 5.11 Å². The van der Waals surface area contributed by atoms with Crippen LogP contribution in [0.2, 0.25) is 0 Å². The number of para-hydroxylation sites is 1. The molecule has 0 aromatic heterocycles. The Kier molecular flexibility index (Phi) is 7.07. The summed E-state index contributed by atoms with van der Waals surface area (Å²) in [5.74, 6) is -1.19. The molecule has 2 aromatic carbocycles. The van der Waals surface area contributed by atoms with Gasteiger partial charge in [-0.2, -0.15) is 4.31 Å². The fourth-order valence-corrected chi connectivity index (χ4v) is 4.78. The summed E-state index contributed by atoms with van der Waals surface area (Å²) in [5, 5.41) is 9.64. The molecule has 1 fully saturated rings. The maximum atomic E-state index is 12.7. The van der Waals surface area contributed by atoms with Crippen molar-refractivity contribution in [3.05, 3.63) is 59.7 Å². The molecule has 30 heavy (non-hydrogen) atoms. The molecule has 0 bridgehead atoms. The standard InChI is InChI=1S/C21H25N3O5S/c25-19-7-3-2-6-18(19)21(27)23-22-20(26)13-10-16-8-11-17(12-9-16)30(28,29)24-14-4-1-5-15-24/h2-3,6-9,11-12,25H,1,4-5,10,13-15H2,(H,22,26)(H,23,27). The first kappa shape index (κ1) is 21.8. The van der Waals surface area contributed by atoms with Crippen molar-refractivity contribution in [2.24, 2.45) is 0 Å². The van der Waals surface area contributed by atoms with Crippen LogP contribution in [0.5, 0.6) is 5.75 Å². The van der Waals surface area contributed by atoms with E-state index >= 15 is 0 Å². The number of hydrogen-bond donors (Lipinski definition) is 3. The van der Waals surface area contributed by atoms with Gasteiger partial charge in [0.25, 0.3) is 5.91 Å². The number of hydrazine groups is 1. The summed E-state index contributed by atoms with van der Waals surface area (Å²) >= 11 is 0. The van der Waals surface area contributed by atoms with Gasteiger partial charge >= 0.3 is 0 Å². The number of sulfonamides is 1. The molecule has 8 nitrogen and oxygen atoms in total. The summed E-state index contributed by atoms with van der Waals surface area (Å²) in [4.78, 5) is 24.2. The zero-order chi connectivity index (χ0) is 21.6. The fourth-order valence-electron chi connectivity index (χ4n) is 3.26. The first-order valence-electron chi connectivity index (χ1n) is 9.84. The quantitative estimate of drug-likeness (QED) is 0.605. The van der Waals surface area contributed by atoms with E-state index in [2.05, 4.69) is 10.9 Å². The zero-order valence-corrected chi connectivity index (χ0v) is 17.3. The third-order valence-electron chi connectivity index (χ3n) is 4.98. The average Bonchev–Trinajstić information content (AvgIpc) is 2.77. The van der Waals surface area contributed by atoms with Gasteiger partial charge in [0, 0.05) is 19.5 Å². The maximum Gasteiger partial charge on any atom is 0.273 e. The number of carbonyl (C=O) groups excluding carboxylic acids is 2. The number of nitrogens with zero attached hydrogens (tertiary/aromatic N) is 1. The minimum absolute atomic E-state index is 0.0586. The summed E-state index contributed by atoms with van der Waals surface area (Å²) in [7, 11) is -3.47. The lowest BCUT2D eigenvalue weighted by Gasteiger charge is -2.25. The third-order valence-corrected chi connectivity index (χ3v) is 6.89. The Labute approximate surface area is 175 Å². The second-order valence-corrected chi connectivity index (χ2v) is 9.07. The monoisotopic (exact) mass is 431 g/mol. The highest BCUT2D eigenvalue weighted by molar-refractivity contribution is 7.89. The van der Waals surface area contributed by atoms with E-state index in [0.29, 0.717) is 19.5 Å². The number of phenols is 1. The molecule has 2 aromatic rings. The minimum atomic E-state index is -3.47. The molecule has 3 N–H and O–H groups in total. The molecule has 9 heteroatoms. The van der Waals surface area contributed by atoms with Crippen LogP contribution in [0, 0.1) is 0 Å². The van der Waals surface area contributed by atoms with Gasteiger partial charge in [-0.1, -0.05) is 30.7 Å². The first-order chi connectivity index (χ1) is 14.4. The molecule has 1 aliphatic rings. The Bertz CT molecular complexity index is 1000. The lowest BCUT2D eigenvalue weighted by atomic mass is 10.1. The van der Waals surface area contributed by atoms with E-state index in [4.69, 9.17) is 0 Å². The second-order valence-electron chi connectivity index (χ2n) is 7.13. The molecule has 1 saturated heterocycles. The molecule has 1 heterocycles. The van der Waals surface area contributed by atoms with Gasteiger partial charge in [-0.05, 0) is 49.1 Å². The number of aryl methyl sites for hydroxylation is 1. The smallest absolute Gasteiger partial charge is 0.273 e. The Balaban J connectivity index is 1.49. The van der Waals surface area contributed by atoms with E-state index in [1.807, 2.05) is 0 Å². The molecule has 160 valence electrons. The molecule has 0 saturated carbocycles. The summed E-state index contributed by atoms with van der Waals surface area (Å²) in [6, 6.07) is 12.5. The van der Waals surface area contributed by atoms with Crippen LogP contribution in [0.25, 0.3) is 0 Å². The lowest BCUT2D eigenvalue weighted by molar-refractivity contribution is -0.121. The van der Waals surface area contributed by atoms with E-state index in [0.717, 1.165) is 24.8 Å². The number of carbonyl (C=O) groups is 2. The summed E-state index contributed by atoms with van der Waals surface area (Å²) in [6.07, 6.45) is 3.32. The summed E-state index contributed by atoms with van der Waals surface area (Å²) in [6.45, 7) is 1.10. The number of nitrogens with one attached hydrogen (secondary N) is 2. The highest BCUT2D eigenvalue weighted by Gasteiger charge is 2.25. The molecule has 0 unspecified atom stereocenters. The van der Waals surface area contributed by atoms with Crippen molar-refractivity contribution in [3.8, 4) is 5.75 Å². The van der Waals surface area contributed by atoms with Crippen LogP contribution in [0.1, 0.15) is 41.6 Å². The minimum Gasteiger partial charge on any atom is -0.507 e. The average molecular weight is 432 g/mol. The Morgan fingerprint density at radius 2 is 1.60 bits per heavy atom. The van der Waals surface area contributed by atoms with Crippen molar-refractivity contribution in [2.75, 3.05) is 13.1 Å². The van der Waals surface area contributed by atoms with Gasteiger partial charge in [0.2, 0.25) is 15.9 Å². The van der Waals surface area contributed by atoms with Crippen LogP contribution in [-0.4, -0.2) is 42.7 Å². The van der Waals surface area contributed by atoms with Gasteiger partial charge in [0.15, 0.2) is 0 Å². The highest BCUT2D eigenvalue weighted by atomic mass is 32.2. The van der Waals surface area contributed by atoms with E-state index in [-0.39, 0.29) is 22.6 Å². The van der Waals surface area contributed by atoms with Crippen LogP contribution < -0.4 is 10.9 Å². The second kappa shape index (κ2) is 9.73. The molecule has 2 amide bonds. The van der Waals surface area contributed by atoms with Gasteiger partial charge in [-0.15, -0.1) is 0 Å². The van der Waals surface area contributed by atoms with Crippen LogP contribution in [0.3, 0.4) is 0 Å². The van der Waals surface area contributed by atoms with Crippen molar-refractivity contribution in [1.82, 2.24) is 15.2 Å². The predicted octanol–water partition coefficient (Wildman–Crippen LogP) is 1.96. The SMILES string of the molecule is O=C(CCc1ccc(S(=O)(=O)N2CCCCC2)cc1)NNC(=O)c1ccccc1O. The lowest BCUT2D eigenvalue weighted by Crippen LogP contribution is -2.41. The molecule has 0 aliphatic carbocycles. The van der Waals surface area contributed by atoms with Crippen LogP contribution in [0.15, 0.2) is 53.4 Å². The van der Waals surface area contributed by atoms with E-state index < -0.39 is 21.8 Å². The number of aromatic hydroxyl groups is 1. The normalized spacial score (nSPS) is 14.8. The Hall–Kier alpha value is -2.91.